The lowest BCUT2D eigenvalue weighted by atomic mass is 9.73. The first-order valence-corrected chi connectivity index (χ1v) is 16.1. The van der Waals surface area contributed by atoms with E-state index < -0.39 is 54.9 Å². The van der Waals surface area contributed by atoms with Crippen molar-refractivity contribution in [3.8, 4) is 0 Å². The van der Waals surface area contributed by atoms with E-state index in [4.69, 9.17) is 14.2 Å². The zero-order valence-electron chi connectivity index (χ0n) is 28.4. The largest absolute Gasteiger partial charge is 0.459 e. The monoisotopic (exact) mass is 730 g/mol. The Morgan fingerprint density at radius 2 is 1.20 bits per heavy atom. The molecular formula is C35H52F6O9. The van der Waals surface area contributed by atoms with Gasteiger partial charge in [-0.15, -0.1) is 0 Å². The van der Waals surface area contributed by atoms with Gasteiger partial charge in [0.1, 0.15) is 23.6 Å². The summed E-state index contributed by atoms with van der Waals surface area (Å²) < 4.78 is 92.6. The number of esters is 3. The Hall–Kier alpha value is -3.20. The maximum Gasteiger partial charge on any atom is 0.426 e. The number of rotatable bonds is 8. The zero-order valence-corrected chi connectivity index (χ0v) is 28.4. The van der Waals surface area contributed by atoms with Gasteiger partial charge >= 0.3 is 30.3 Å². The van der Waals surface area contributed by atoms with E-state index in [2.05, 4.69) is 26.7 Å². The number of Topliss-reactive ketones (excluding diaryl/α,β-unsaturated/α-hetero) is 1. The highest BCUT2D eigenvalue weighted by Crippen LogP contribution is 2.52. The van der Waals surface area contributed by atoms with Crippen molar-refractivity contribution in [2.24, 2.45) is 5.92 Å². The van der Waals surface area contributed by atoms with Crippen LogP contribution in [-0.2, 0) is 33.4 Å². The van der Waals surface area contributed by atoms with Crippen LogP contribution < -0.4 is 0 Å². The third-order valence-corrected chi connectivity index (χ3v) is 8.72. The highest BCUT2D eigenvalue weighted by Gasteiger charge is 2.75. The third kappa shape index (κ3) is 13.2. The van der Waals surface area contributed by atoms with Crippen LogP contribution in [0.4, 0.5) is 26.3 Å². The Balaban J connectivity index is 0.000000762. The second-order valence-electron chi connectivity index (χ2n) is 12.9. The van der Waals surface area contributed by atoms with Gasteiger partial charge in [-0.05, 0) is 85.0 Å². The molecule has 0 radical (unpaired) electrons. The summed E-state index contributed by atoms with van der Waals surface area (Å²) in [6, 6.07) is 0. The van der Waals surface area contributed by atoms with Crippen molar-refractivity contribution in [1.82, 2.24) is 0 Å². The first kappa shape index (κ1) is 46.8. The molecule has 3 atom stereocenters. The van der Waals surface area contributed by atoms with Gasteiger partial charge in [-0.25, -0.2) is 14.4 Å². The van der Waals surface area contributed by atoms with Crippen LogP contribution in [0.2, 0.25) is 0 Å². The highest BCUT2D eigenvalue weighted by atomic mass is 19.4. The van der Waals surface area contributed by atoms with Crippen LogP contribution in [0.5, 0.6) is 0 Å². The molecule has 3 aliphatic rings. The minimum Gasteiger partial charge on any atom is -0.459 e. The Kier molecular flexibility index (Phi) is 18.2. The lowest BCUT2D eigenvalue weighted by Crippen LogP contribution is -2.65. The number of hydrogen-bond acceptors (Lipinski definition) is 9. The fourth-order valence-corrected chi connectivity index (χ4v) is 5.62. The van der Waals surface area contributed by atoms with E-state index in [1.807, 2.05) is 0 Å². The predicted octanol–water partition coefficient (Wildman–Crippen LogP) is 7.57. The predicted molar refractivity (Wildman–Crippen MR) is 172 cm³/mol. The highest BCUT2D eigenvalue weighted by molar-refractivity contribution is 5.88. The standard InChI is InChI=1S/C13H16F6O4.C11H18O2.C10H14O3.CH4/c1-6(2)10(21)23-7-3-4-9(20)8(5-7)11(22,12(14,15)16)13(17,18)19;1-4-11(7-5-6-8-11)13-10(12)9(2)3;1-7(2)10(12)13-9-5-3-8(11)4-6-9;/h7-9,20,22H,1,3-5H2,2H3;2,4-8H2,1,3H3;9H,1,3-6H2,2H3;1H4. The molecule has 0 aromatic rings. The number of aliphatic hydroxyl groups excluding tert-OH is 1. The van der Waals surface area contributed by atoms with Crippen LogP contribution in [0.25, 0.3) is 0 Å². The molecule has 0 aromatic carbocycles. The summed E-state index contributed by atoms with van der Waals surface area (Å²) in [7, 11) is 0. The Bertz CT molecular complexity index is 1190. The average molecular weight is 731 g/mol. The summed E-state index contributed by atoms with van der Waals surface area (Å²) in [5.41, 5.74) is -4.42. The van der Waals surface area contributed by atoms with Gasteiger partial charge in [-0.2, -0.15) is 26.3 Å². The van der Waals surface area contributed by atoms with Crippen LogP contribution in [0.1, 0.15) is 112 Å². The van der Waals surface area contributed by atoms with Crippen molar-refractivity contribution in [3.05, 3.63) is 36.5 Å². The number of ether oxygens (including phenoxy) is 3. The number of carbonyl (C=O) groups is 4. The second kappa shape index (κ2) is 19.4. The summed E-state index contributed by atoms with van der Waals surface area (Å²) >= 11 is 0. The van der Waals surface area contributed by atoms with Gasteiger partial charge in [0.15, 0.2) is 0 Å². The molecule has 0 heterocycles. The topological polar surface area (TPSA) is 136 Å². The third-order valence-electron chi connectivity index (χ3n) is 8.72. The molecule has 9 nitrogen and oxygen atoms in total. The van der Waals surface area contributed by atoms with Gasteiger partial charge in [0.25, 0.3) is 5.60 Å². The van der Waals surface area contributed by atoms with Crippen molar-refractivity contribution >= 4 is 23.7 Å². The fourth-order valence-electron chi connectivity index (χ4n) is 5.62. The zero-order chi connectivity index (χ0) is 38.0. The van der Waals surface area contributed by atoms with E-state index in [1.165, 1.54) is 19.8 Å². The van der Waals surface area contributed by atoms with Crippen molar-refractivity contribution in [2.75, 3.05) is 0 Å². The molecule has 0 aromatic heterocycles. The molecule has 0 saturated heterocycles. The summed E-state index contributed by atoms with van der Waals surface area (Å²) in [4.78, 5) is 44.6. The average Bonchev–Trinajstić information content (AvgIpc) is 3.47. The number of alkyl halides is 6. The van der Waals surface area contributed by atoms with Crippen LogP contribution >= 0.6 is 0 Å². The molecule has 0 spiro atoms. The minimum absolute atomic E-state index is 0. The van der Waals surface area contributed by atoms with Crippen molar-refractivity contribution in [2.45, 2.75) is 154 Å². The number of halogens is 6. The van der Waals surface area contributed by atoms with E-state index in [1.54, 1.807) is 13.8 Å². The summed E-state index contributed by atoms with van der Waals surface area (Å²) in [5.74, 6) is -3.88. The Morgan fingerprint density at radius 3 is 1.58 bits per heavy atom. The molecule has 2 N–H and O–H groups in total. The van der Waals surface area contributed by atoms with E-state index in [-0.39, 0.29) is 48.8 Å². The molecule has 3 saturated carbocycles. The number of ketones is 1. The lowest BCUT2D eigenvalue weighted by molar-refractivity contribution is -0.394. The van der Waals surface area contributed by atoms with Crippen molar-refractivity contribution in [3.63, 3.8) is 0 Å². The van der Waals surface area contributed by atoms with Crippen LogP contribution in [-0.4, -0.2) is 75.8 Å². The summed E-state index contributed by atoms with van der Waals surface area (Å²) in [6.07, 6.45) is -9.36. The van der Waals surface area contributed by atoms with Crippen molar-refractivity contribution in [1.29, 1.82) is 0 Å². The van der Waals surface area contributed by atoms with Gasteiger partial charge in [0, 0.05) is 35.5 Å². The van der Waals surface area contributed by atoms with Crippen molar-refractivity contribution < 1.29 is 69.9 Å². The number of carbonyl (C=O) groups excluding carboxylic acids is 4. The first-order chi connectivity index (χ1) is 22.4. The van der Waals surface area contributed by atoms with Gasteiger partial charge in [0.05, 0.1) is 6.10 Å². The van der Waals surface area contributed by atoms with Gasteiger partial charge in [0.2, 0.25) is 0 Å². The van der Waals surface area contributed by atoms with E-state index in [0.717, 1.165) is 19.3 Å². The molecule has 0 aliphatic heterocycles. The lowest BCUT2D eigenvalue weighted by Gasteiger charge is -2.44. The SMILES string of the molecule is C.C=C(C)C(=O)OC1(CC)CCCC1.C=C(C)C(=O)OC1CCC(=O)CC1.C=C(C)C(=O)OC1CCC(O)C(C(O)(C(F)(F)F)C(F)(F)F)C1. The molecule has 50 heavy (non-hydrogen) atoms. The van der Waals surface area contributed by atoms with Gasteiger partial charge < -0.3 is 24.4 Å². The quantitative estimate of drug-likeness (QED) is 0.112. The molecule has 288 valence electrons. The molecule has 3 aliphatic carbocycles. The molecule has 3 fully saturated rings. The fraction of sp³-hybridized carbons (Fsp3) is 0.714. The Labute approximate surface area is 290 Å². The maximum atomic E-state index is 12.9. The minimum atomic E-state index is -6.04. The summed E-state index contributed by atoms with van der Waals surface area (Å²) in [5, 5.41) is 18.9. The smallest absolute Gasteiger partial charge is 0.426 e. The van der Waals surface area contributed by atoms with Gasteiger partial charge in [-0.1, -0.05) is 34.1 Å². The second-order valence-corrected chi connectivity index (χ2v) is 12.9. The molecular weight excluding hydrogens is 678 g/mol. The van der Waals surface area contributed by atoms with E-state index in [0.29, 0.717) is 36.8 Å². The van der Waals surface area contributed by atoms with E-state index >= 15 is 0 Å². The van der Waals surface area contributed by atoms with Crippen LogP contribution in [0.3, 0.4) is 0 Å². The number of aliphatic hydroxyl groups is 2. The summed E-state index contributed by atoms with van der Waals surface area (Å²) in [6.45, 7) is 17.0. The Morgan fingerprint density at radius 1 is 0.780 bits per heavy atom. The van der Waals surface area contributed by atoms with Gasteiger partial charge in [-0.3, -0.25) is 4.79 Å². The maximum absolute atomic E-state index is 12.9. The normalized spacial score (nSPS) is 22.2. The number of hydrogen-bond donors (Lipinski definition) is 2. The molecule has 3 rings (SSSR count). The first-order valence-electron chi connectivity index (χ1n) is 16.1. The molecule has 0 bridgehead atoms. The van der Waals surface area contributed by atoms with Crippen LogP contribution in [0.15, 0.2) is 36.5 Å². The molecule has 0 amide bonds. The van der Waals surface area contributed by atoms with E-state index in [9.17, 15) is 55.7 Å². The molecule has 3 unspecified atom stereocenters. The molecule has 15 heteroatoms. The van der Waals surface area contributed by atoms with Crippen LogP contribution in [0, 0.1) is 5.92 Å².